The van der Waals surface area contributed by atoms with Crippen LogP contribution in [-0.2, 0) is 4.79 Å². The summed E-state index contributed by atoms with van der Waals surface area (Å²) in [6.45, 7) is 2.17. The topological polar surface area (TPSA) is 69.6 Å². The van der Waals surface area contributed by atoms with Crippen molar-refractivity contribution in [2.24, 2.45) is 0 Å². The van der Waals surface area contributed by atoms with E-state index in [0.29, 0.717) is 5.02 Å². The molecule has 0 saturated carbocycles. The second kappa shape index (κ2) is 6.59. The molecule has 2 unspecified atom stereocenters. The lowest BCUT2D eigenvalue weighted by atomic mass is 10.1. The number of rotatable bonds is 6. The van der Waals surface area contributed by atoms with Crippen molar-refractivity contribution in [2.45, 2.75) is 25.5 Å². The molecule has 4 nitrogen and oxygen atoms in total. The van der Waals surface area contributed by atoms with E-state index >= 15 is 0 Å². The van der Waals surface area contributed by atoms with E-state index in [4.69, 9.17) is 16.7 Å². The first kappa shape index (κ1) is 14.0. The van der Waals surface area contributed by atoms with Crippen molar-refractivity contribution in [2.75, 3.05) is 6.54 Å². The molecule has 17 heavy (non-hydrogen) atoms. The number of hydrogen-bond donors (Lipinski definition) is 3. The fourth-order valence-corrected chi connectivity index (χ4v) is 1.68. The number of carboxylic acids is 1. The van der Waals surface area contributed by atoms with Crippen molar-refractivity contribution in [3.05, 3.63) is 34.9 Å². The van der Waals surface area contributed by atoms with Crippen LogP contribution in [0, 0.1) is 0 Å². The Morgan fingerprint density at radius 3 is 2.82 bits per heavy atom. The molecule has 0 heterocycles. The van der Waals surface area contributed by atoms with Crippen LogP contribution in [0.15, 0.2) is 24.3 Å². The monoisotopic (exact) mass is 257 g/mol. The van der Waals surface area contributed by atoms with E-state index in [1.165, 1.54) is 0 Å². The predicted octanol–water partition coefficient (Wildman–Crippen LogP) is 1.83. The van der Waals surface area contributed by atoms with Crippen molar-refractivity contribution < 1.29 is 15.0 Å². The summed E-state index contributed by atoms with van der Waals surface area (Å²) in [6.07, 6.45) is -1.14. The summed E-state index contributed by atoms with van der Waals surface area (Å²) in [5.41, 5.74) is 1.00. The standard InChI is InChI=1S/C12H16ClNO3/c1-8(9-3-2-4-10(13)5-9)14-7-11(15)6-12(16)17/h2-5,8,11,14-15H,6-7H2,1H3,(H,16,17). The summed E-state index contributed by atoms with van der Waals surface area (Å²) in [5.74, 6) is -1.00. The minimum absolute atomic E-state index is 0.0112. The number of aliphatic hydroxyl groups excluding tert-OH is 1. The Morgan fingerprint density at radius 2 is 2.24 bits per heavy atom. The fraction of sp³-hybridized carbons (Fsp3) is 0.417. The smallest absolute Gasteiger partial charge is 0.306 e. The number of carboxylic acid groups (broad SMARTS) is 1. The van der Waals surface area contributed by atoms with Crippen LogP contribution in [0.4, 0.5) is 0 Å². The number of hydrogen-bond acceptors (Lipinski definition) is 3. The molecule has 5 heteroatoms. The first-order valence-electron chi connectivity index (χ1n) is 5.37. The molecule has 3 N–H and O–H groups in total. The Bertz CT molecular complexity index is 384. The van der Waals surface area contributed by atoms with Crippen LogP contribution in [0.25, 0.3) is 0 Å². The quantitative estimate of drug-likeness (QED) is 0.727. The van der Waals surface area contributed by atoms with Crippen LogP contribution in [0.2, 0.25) is 5.02 Å². The molecule has 0 spiro atoms. The zero-order chi connectivity index (χ0) is 12.8. The largest absolute Gasteiger partial charge is 0.481 e. The first-order chi connectivity index (χ1) is 7.99. The molecule has 2 atom stereocenters. The van der Waals surface area contributed by atoms with Gasteiger partial charge in [-0.3, -0.25) is 4.79 Å². The lowest BCUT2D eigenvalue weighted by Crippen LogP contribution is -2.30. The summed E-state index contributed by atoms with van der Waals surface area (Å²) in [7, 11) is 0. The SMILES string of the molecule is CC(NCC(O)CC(=O)O)c1cccc(Cl)c1. The number of aliphatic carboxylic acids is 1. The van der Waals surface area contributed by atoms with E-state index in [9.17, 15) is 9.90 Å². The molecular weight excluding hydrogens is 242 g/mol. The normalized spacial score (nSPS) is 14.3. The van der Waals surface area contributed by atoms with Gasteiger partial charge >= 0.3 is 5.97 Å². The third-order valence-electron chi connectivity index (χ3n) is 2.42. The first-order valence-corrected chi connectivity index (χ1v) is 5.75. The summed E-state index contributed by atoms with van der Waals surface area (Å²) in [4.78, 5) is 10.4. The maximum atomic E-state index is 10.4. The van der Waals surface area contributed by atoms with Gasteiger partial charge in [-0.05, 0) is 24.6 Å². The molecule has 1 rings (SSSR count). The summed E-state index contributed by atoms with van der Waals surface area (Å²) < 4.78 is 0. The van der Waals surface area contributed by atoms with E-state index in [1.54, 1.807) is 6.07 Å². The molecule has 0 radical (unpaired) electrons. The lowest BCUT2D eigenvalue weighted by molar-refractivity contribution is -0.139. The highest BCUT2D eigenvalue weighted by molar-refractivity contribution is 6.30. The fourth-order valence-electron chi connectivity index (χ4n) is 1.48. The van der Waals surface area contributed by atoms with Gasteiger partial charge in [0.05, 0.1) is 12.5 Å². The van der Waals surface area contributed by atoms with Gasteiger partial charge in [0.2, 0.25) is 0 Å². The van der Waals surface area contributed by atoms with Gasteiger partial charge in [0.25, 0.3) is 0 Å². The highest BCUT2D eigenvalue weighted by Gasteiger charge is 2.11. The van der Waals surface area contributed by atoms with Gasteiger partial charge in [0.1, 0.15) is 0 Å². The molecule has 0 aliphatic heterocycles. The third kappa shape index (κ3) is 5.17. The van der Waals surface area contributed by atoms with Gasteiger partial charge in [0, 0.05) is 17.6 Å². The summed E-state index contributed by atoms with van der Waals surface area (Å²) in [6, 6.07) is 7.41. The van der Waals surface area contributed by atoms with Crippen molar-refractivity contribution >= 4 is 17.6 Å². The summed E-state index contributed by atoms with van der Waals surface area (Å²) >= 11 is 5.87. The minimum Gasteiger partial charge on any atom is -0.481 e. The van der Waals surface area contributed by atoms with Gasteiger partial charge in [-0.1, -0.05) is 23.7 Å². The number of carbonyl (C=O) groups is 1. The van der Waals surface area contributed by atoms with Crippen molar-refractivity contribution in [1.82, 2.24) is 5.32 Å². The van der Waals surface area contributed by atoms with Crippen LogP contribution in [0.3, 0.4) is 0 Å². The average molecular weight is 258 g/mol. The maximum Gasteiger partial charge on any atom is 0.306 e. The molecule has 0 saturated heterocycles. The minimum atomic E-state index is -1.00. The molecule has 1 aromatic carbocycles. The van der Waals surface area contributed by atoms with Gasteiger partial charge in [-0.25, -0.2) is 0 Å². The van der Waals surface area contributed by atoms with E-state index in [1.807, 2.05) is 25.1 Å². The Morgan fingerprint density at radius 1 is 1.53 bits per heavy atom. The van der Waals surface area contributed by atoms with Crippen LogP contribution in [0.5, 0.6) is 0 Å². The number of benzene rings is 1. The zero-order valence-electron chi connectivity index (χ0n) is 9.56. The van der Waals surface area contributed by atoms with E-state index in [0.717, 1.165) is 5.56 Å². The molecule has 0 aromatic heterocycles. The Hall–Kier alpha value is -1.10. The van der Waals surface area contributed by atoms with Gasteiger partial charge < -0.3 is 15.5 Å². The molecular formula is C12H16ClNO3. The van der Waals surface area contributed by atoms with E-state index < -0.39 is 12.1 Å². The zero-order valence-corrected chi connectivity index (χ0v) is 10.3. The molecule has 1 aromatic rings. The molecule has 0 amide bonds. The average Bonchev–Trinajstić information content (AvgIpc) is 2.25. The van der Waals surface area contributed by atoms with Crippen LogP contribution >= 0.6 is 11.6 Å². The highest BCUT2D eigenvalue weighted by atomic mass is 35.5. The van der Waals surface area contributed by atoms with Crippen molar-refractivity contribution in [3.63, 3.8) is 0 Å². The van der Waals surface area contributed by atoms with Crippen LogP contribution < -0.4 is 5.32 Å². The van der Waals surface area contributed by atoms with Crippen LogP contribution in [0.1, 0.15) is 24.9 Å². The Kier molecular flexibility index (Phi) is 5.41. The number of aliphatic hydroxyl groups is 1. The van der Waals surface area contributed by atoms with E-state index in [2.05, 4.69) is 5.32 Å². The second-order valence-electron chi connectivity index (χ2n) is 3.94. The van der Waals surface area contributed by atoms with Crippen molar-refractivity contribution in [3.8, 4) is 0 Å². The van der Waals surface area contributed by atoms with Gasteiger partial charge in [0.15, 0.2) is 0 Å². The highest BCUT2D eigenvalue weighted by Crippen LogP contribution is 2.17. The van der Waals surface area contributed by atoms with E-state index in [-0.39, 0.29) is 19.0 Å². The molecule has 0 aliphatic carbocycles. The maximum absolute atomic E-state index is 10.4. The number of nitrogens with one attached hydrogen (secondary N) is 1. The third-order valence-corrected chi connectivity index (χ3v) is 2.65. The lowest BCUT2D eigenvalue weighted by Gasteiger charge is -2.16. The summed E-state index contributed by atoms with van der Waals surface area (Å²) in [5, 5.41) is 21.6. The predicted molar refractivity (Wildman–Crippen MR) is 66.1 cm³/mol. The number of halogens is 1. The molecule has 94 valence electrons. The Balaban J connectivity index is 2.44. The van der Waals surface area contributed by atoms with Crippen LogP contribution in [-0.4, -0.2) is 28.8 Å². The van der Waals surface area contributed by atoms with Crippen molar-refractivity contribution in [1.29, 1.82) is 0 Å². The molecule has 0 aliphatic rings. The van der Waals surface area contributed by atoms with Gasteiger partial charge in [-0.2, -0.15) is 0 Å². The van der Waals surface area contributed by atoms with Gasteiger partial charge in [-0.15, -0.1) is 0 Å². The molecule has 0 fully saturated rings. The molecule has 0 bridgehead atoms. The Labute approximate surface area is 105 Å². The second-order valence-corrected chi connectivity index (χ2v) is 4.37.